The van der Waals surface area contributed by atoms with Crippen LogP contribution in [0.1, 0.15) is 16.1 Å². The van der Waals surface area contributed by atoms with Crippen LogP contribution in [0.25, 0.3) is 0 Å². The van der Waals surface area contributed by atoms with Crippen LogP contribution in [0.4, 0.5) is 5.69 Å². The number of carbonyl (C=O) groups is 1. The summed E-state index contributed by atoms with van der Waals surface area (Å²) in [5.41, 5.74) is 2.19. The average Bonchev–Trinajstić information content (AvgIpc) is 2.45. The molecule has 0 aliphatic heterocycles. The minimum Gasteiger partial charge on any atom is -0.464 e. The molecule has 0 spiro atoms. The molecular formula is C14H13ClN2O2. The van der Waals surface area contributed by atoms with E-state index in [9.17, 15) is 4.79 Å². The summed E-state index contributed by atoms with van der Waals surface area (Å²) >= 11 is 5.91. The van der Waals surface area contributed by atoms with Crippen LogP contribution in [-0.4, -0.2) is 18.1 Å². The zero-order valence-electron chi connectivity index (χ0n) is 10.4. The molecule has 0 fully saturated rings. The Bertz CT molecular complexity index is 570. The van der Waals surface area contributed by atoms with Crippen molar-refractivity contribution in [2.75, 3.05) is 12.4 Å². The molecule has 0 aliphatic rings. The number of carbonyl (C=O) groups excluding carboxylic acids is 1. The largest absolute Gasteiger partial charge is 0.464 e. The first kappa shape index (κ1) is 13.4. The third-order valence-corrected chi connectivity index (χ3v) is 2.78. The summed E-state index contributed by atoms with van der Waals surface area (Å²) in [7, 11) is 1.33. The highest BCUT2D eigenvalue weighted by atomic mass is 35.5. The lowest BCUT2D eigenvalue weighted by molar-refractivity contribution is 0.0594. The molecule has 98 valence electrons. The molecule has 2 aromatic rings. The summed E-state index contributed by atoms with van der Waals surface area (Å²) in [6.07, 6.45) is 1.59. The number of aromatic nitrogens is 1. The molecule has 0 saturated heterocycles. The van der Waals surface area contributed by atoms with E-state index in [0.29, 0.717) is 11.6 Å². The number of nitrogens with zero attached hydrogens (tertiary/aromatic N) is 1. The average molecular weight is 277 g/mol. The second-order valence-corrected chi connectivity index (χ2v) is 4.34. The third-order valence-electron chi connectivity index (χ3n) is 2.54. The molecule has 0 amide bonds. The minimum absolute atomic E-state index is 0.288. The van der Waals surface area contributed by atoms with Crippen LogP contribution >= 0.6 is 11.6 Å². The van der Waals surface area contributed by atoms with E-state index in [4.69, 9.17) is 11.6 Å². The van der Waals surface area contributed by atoms with Crippen molar-refractivity contribution >= 4 is 23.3 Å². The molecule has 0 aliphatic carbocycles. The first-order valence-electron chi connectivity index (χ1n) is 5.72. The zero-order chi connectivity index (χ0) is 13.7. The molecule has 1 heterocycles. The molecule has 0 unspecified atom stereocenters. The van der Waals surface area contributed by atoms with Gasteiger partial charge in [-0.1, -0.05) is 23.7 Å². The third kappa shape index (κ3) is 3.69. The van der Waals surface area contributed by atoms with Crippen molar-refractivity contribution in [1.29, 1.82) is 0 Å². The number of benzene rings is 1. The number of halogens is 1. The van der Waals surface area contributed by atoms with Crippen LogP contribution in [0.15, 0.2) is 42.6 Å². The Morgan fingerprint density at radius 3 is 2.84 bits per heavy atom. The lowest BCUT2D eigenvalue weighted by Crippen LogP contribution is -2.05. The van der Waals surface area contributed by atoms with Crippen LogP contribution in [0.2, 0.25) is 5.02 Å². The lowest BCUT2D eigenvalue weighted by Gasteiger charge is -2.07. The Morgan fingerprint density at radius 1 is 1.37 bits per heavy atom. The molecule has 1 aromatic carbocycles. The molecule has 19 heavy (non-hydrogen) atoms. The SMILES string of the molecule is COC(=O)c1ccc(NCc2cccc(Cl)c2)cn1. The van der Waals surface area contributed by atoms with E-state index >= 15 is 0 Å². The number of hydrogen-bond acceptors (Lipinski definition) is 4. The molecule has 5 heteroatoms. The number of esters is 1. The first-order valence-corrected chi connectivity index (χ1v) is 6.09. The van der Waals surface area contributed by atoms with Gasteiger partial charge in [0.05, 0.1) is 19.0 Å². The van der Waals surface area contributed by atoms with Gasteiger partial charge < -0.3 is 10.1 Å². The number of methoxy groups -OCH3 is 1. The van der Waals surface area contributed by atoms with E-state index in [1.807, 2.05) is 24.3 Å². The van der Waals surface area contributed by atoms with Gasteiger partial charge >= 0.3 is 5.97 Å². The second-order valence-electron chi connectivity index (χ2n) is 3.91. The Morgan fingerprint density at radius 2 is 2.21 bits per heavy atom. The Balaban J connectivity index is 1.98. The number of hydrogen-bond donors (Lipinski definition) is 1. The van der Waals surface area contributed by atoms with Crippen molar-refractivity contribution in [3.05, 3.63) is 58.9 Å². The van der Waals surface area contributed by atoms with Crippen molar-refractivity contribution in [1.82, 2.24) is 4.98 Å². The van der Waals surface area contributed by atoms with Gasteiger partial charge in [0, 0.05) is 11.6 Å². The molecule has 0 bridgehead atoms. The summed E-state index contributed by atoms with van der Waals surface area (Å²) in [4.78, 5) is 15.2. The maximum atomic E-state index is 11.2. The Hall–Kier alpha value is -2.07. The fourth-order valence-corrected chi connectivity index (χ4v) is 1.79. The van der Waals surface area contributed by atoms with Crippen LogP contribution in [-0.2, 0) is 11.3 Å². The normalized spacial score (nSPS) is 10.0. The van der Waals surface area contributed by atoms with Gasteiger partial charge in [-0.2, -0.15) is 0 Å². The van der Waals surface area contributed by atoms with Gasteiger partial charge in [0.2, 0.25) is 0 Å². The van der Waals surface area contributed by atoms with Crippen molar-refractivity contribution in [3.63, 3.8) is 0 Å². The van der Waals surface area contributed by atoms with E-state index in [0.717, 1.165) is 11.3 Å². The monoisotopic (exact) mass is 276 g/mol. The molecule has 4 nitrogen and oxygen atoms in total. The summed E-state index contributed by atoms with van der Waals surface area (Å²) in [5.74, 6) is -0.443. The summed E-state index contributed by atoms with van der Waals surface area (Å²) in [5, 5.41) is 3.91. The van der Waals surface area contributed by atoms with E-state index < -0.39 is 5.97 Å². The fourth-order valence-electron chi connectivity index (χ4n) is 1.57. The van der Waals surface area contributed by atoms with Gasteiger partial charge in [0.25, 0.3) is 0 Å². The molecule has 0 saturated carbocycles. The second kappa shape index (κ2) is 6.20. The summed E-state index contributed by atoms with van der Waals surface area (Å²) < 4.78 is 4.58. The van der Waals surface area contributed by atoms with Crippen LogP contribution in [0.3, 0.4) is 0 Å². The van der Waals surface area contributed by atoms with Crippen LogP contribution < -0.4 is 5.32 Å². The zero-order valence-corrected chi connectivity index (χ0v) is 11.1. The van der Waals surface area contributed by atoms with Gasteiger partial charge in [0.15, 0.2) is 0 Å². The first-order chi connectivity index (χ1) is 9.19. The molecule has 2 rings (SSSR count). The summed E-state index contributed by atoms with van der Waals surface area (Å²) in [6.45, 7) is 0.639. The summed E-state index contributed by atoms with van der Waals surface area (Å²) in [6, 6.07) is 11.0. The fraction of sp³-hybridized carbons (Fsp3) is 0.143. The predicted molar refractivity (Wildman–Crippen MR) is 74.4 cm³/mol. The van der Waals surface area contributed by atoms with Crippen molar-refractivity contribution < 1.29 is 9.53 Å². The highest BCUT2D eigenvalue weighted by Crippen LogP contribution is 2.13. The predicted octanol–water partition coefficient (Wildman–Crippen LogP) is 3.13. The van der Waals surface area contributed by atoms with Gasteiger partial charge in [-0.25, -0.2) is 9.78 Å². The number of nitrogens with one attached hydrogen (secondary N) is 1. The lowest BCUT2D eigenvalue weighted by atomic mass is 10.2. The molecule has 0 radical (unpaired) electrons. The van der Waals surface area contributed by atoms with Gasteiger partial charge in [-0.05, 0) is 29.8 Å². The van der Waals surface area contributed by atoms with E-state index in [1.165, 1.54) is 7.11 Å². The van der Waals surface area contributed by atoms with Gasteiger partial charge in [-0.3, -0.25) is 0 Å². The maximum Gasteiger partial charge on any atom is 0.356 e. The standard InChI is InChI=1S/C14H13ClN2O2/c1-19-14(18)13-6-5-12(9-17-13)16-8-10-3-2-4-11(15)7-10/h2-7,9,16H,8H2,1H3. The number of rotatable bonds is 4. The van der Waals surface area contributed by atoms with E-state index in [-0.39, 0.29) is 5.69 Å². The van der Waals surface area contributed by atoms with Crippen molar-refractivity contribution in [3.8, 4) is 0 Å². The number of pyridine rings is 1. The Kier molecular flexibility index (Phi) is 4.36. The quantitative estimate of drug-likeness (QED) is 0.872. The van der Waals surface area contributed by atoms with Gasteiger partial charge in [0.1, 0.15) is 5.69 Å². The van der Waals surface area contributed by atoms with Crippen LogP contribution in [0.5, 0.6) is 0 Å². The maximum absolute atomic E-state index is 11.2. The van der Waals surface area contributed by atoms with E-state index in [2.05, 4.69) is 15.0 Å². The number of anilines is 1. The van der Waals surface area contributed by atoms with Crippen molar-refractivity contribution in [2.24, 2.45) is 0 Å². The molecular weight excluding hydrogens is 264 g/mol. The molecule has 1 N–H and O–H groups in total. The minimum atomic E-state index is -0.443. The van der Waals surface area contributed by atoms with Crippen LogP contribution in [0, 0.1) is 0 Å². The highest BCUT2D eigenvalue weighted by Gasteiger charge is 2.05. The van der Waals surface area contributed by atoms with E-state index in [1.54, 1.807) is 18.3 Å². The highest BCUT2D eigenvalue weighted by molar-refractivity contribution is 6.30. The smallest absolute Gasteiger partial charge is 0.356 e. The van der Waals surface area contributed by atoms with Gasteiger partial charge in [-0.15, -0.1) is 0 Å². The molecule has 0 atom stereocenters. The van der Waals surface area contributed by atoms with Crippen molar-refractivity contribution in [2.45, 2.75) is 6.54 Å². The molecule has 1 aromatic heterocycles. The topological polar surface area (TPSA) is 51.2 Å². The Labute approximate surface area is 116 Å². The number of ether oxygens (including phenoxy) is 1.